The normalized spacial score (nSPS) is 11.7. The Morgan fingerprint density at radius 2 is 2.08 bits per heavy atom. The summed E-state index contributed by atoms with van der Waals surface area (Å²) in [6.45, 7) is 3.56. The second kappa shape index (κ2) is 10.5. The summed E-state index contributed by atoms with van der Waals surface area (Å²) < 4.78 is 5.22. The first kappa shape index (κ1) is 20.7. The first-order chi connectivity index (χ1) is 11.3. The number of halogens is 1. The summed E-state index contributed by atoms with van der Waals surface area (Å²) in [6, 6.07) is 5.91. The molecular formula is C16H21ClN2O3S2. The number of thiocarbonyl (C=S) groups is 1. The van der Waals surface area contributed by atoms with Crippen LogP contribution in [0.25, 0.3) is 0 Å². The summed E-state index contributed by atoms with van der Waals surface area (Å²) in [5.41, 5.74) is 0.386. The van der Waals surface area contributed by atoms with Crippen molar-refractivity contribution in [3.8, 4) is 0 Å². The van der Waals surface area contributed by atoms with Crippen LogP contribution in [0.15, 0.2) is 24.3 Å². The zero-order valence-electron chi connectivity index (χ0n) is 13.8. The van der Waals surface area contributed by atoms with Gasteiger partial charge in [-0.2, -0.15) is 11.8 Å². The third kappa shape index (κ3) is 7.51. The van der Waals surface area contributed by atoms with Gasteiger partial charge in [-0.05, 0) is 62.7 Å². The lowest BCUT2D eigenvalue weighted by Gasteiger charge is -2.20. The molecule has 8 heteroatoms. The Morgan fingerprint density at radius 1 is 1.38 bits per heavy atom. The van der Waals surface area contributed by atoms with Crippen LogP contribution in [0.2, 0.25) is 5.02 Å². The number of amides is 1. The van der Waals surface area contributed by atoms with Crippen molar-refractivity contribution >= 4 is 52.6 Å². The van der Waals surface area contributed by atoms with Crippen LogP contribution in [-0.4, -0.2) is 41.1 Å². The molecule has 1 amide bonds. The van der Waals surface area contributed by atoms with Gasteiger partial charge in [-0.25, -0.2) is 4.79 Å². The number of benzene rings is 1. The van der Waals surface area contributed by atoms with Crippen molar-refractivity contribution in [3.05, 3.63) is 34.9 Å². The summed E-state index contributed by atoms with van der Waals surface area (Å²) in [6.07, 6.45) is 2.27. The van der Waals surface area contributed by atoms with Crippen LogP contribution in [0.3, 0.4) is 0 Å². The smallest absolute Gasteiger partial charge is 0.328 e. The number of hydrogen-bond acceptors (Lipinski definition) is 5. The van der Waals surface area contributed by atoms with Crippen LogP contribution in [0.4, 0.5) is 0 Å². The predicted molar refractivity (Wildman–Crippen MR) is 103 cm³/mol. The van der Waals surface area contributed by atoms with E-state index in [2.05, 4.69) is 10.6 Å². The monoisotopic (exact) mass is 388 g/mol. The Kier molecular flexibility index (Phi) is 9.10. The number of ether oxygens (including phenoxy) is 1. The van der Waals surface area contributed by atoms with Crippen LogP contribution >= 0.6 is 35.6 Å². The first-order valence-electron chi connectivity index (χ1n) is 7.40. The van der Waals surface area contributed by atoms with E-state index in [0.717, 1.165) is 5.75 Å². The van der Waals surface area contributed by atoms with Crippen molar-refractivity contribution < 1.29 is 14.3 Å². The Bertz CT molecular complexity index is 596. The highest BCUT2D eigenvalue weighted by atomic mass is 35.5. The third-order valence-electron chi connectivity index (χ3n) is 2.87. The van der Waals surface area contributed by atoms with Gasteiger partial charge >= 0.3 is 5.97 Å². The van der Waals surface area contributed by atoms with Gasteiger partial charge in [0.05, 0.1) is 6.10 Å². The van der Waals surface area contributed by atoms with E-state index in [1.165, 1.54) is 6.07 Å². The van der Waals surface area contributed by atoms with Crippen molar-refractivity contribution in [1.82, 2.24) is 10.6 Å². The second-order valence-corrected chi connectivity index (χ2v) is 7.09. The van der Waals surface area contributed by atoms with Crippen molar-refractivity contribution in [1.29, 1.82) is 0 Å². The van der Waals surface area contributed by atoms with Gasteiger partial charge in [0, 0.05) is 10.6 Å². The maximum absolute atomic E-state index is 12.1. The summed E-state index contributed by atoms with van der Waals surface area (Å²) in [7, 11) is 0. The maximum atomic E-state index is 12.1. The molecule has 132 valence electrons. The minimum atomic E-state index is -0.605. The van der Waals surface area contributed by atoms with Crippen LogP contribution < -0.4 is 10.6 Å². The molecule has 0 aliphatic rings. The zero-order chi connectivity index (χ0) is 18.1. The predicted octanol–water partition coefficient (Wildman–Crippen LogP) is 3.02. The van der Waals surface area contributed by atoms with Crippen molar-refractivity contribution in [2.45, 2.75) is 32.4 Å². The fourth-order valence-electron chi connectivity index (χ4n) is 1.80. The molecule has 1 aromatic carbocycles. The van der Waals surface area contributed by atoms with Crippen molar-refractivity contribution in [2.24, 2.45) is 0 Å². The van der Waals surface area contributed by atoms with Gasteiger partial charge in [-0.15, -0.1) is 0 Å². The minimum Gasteiger partial charge on any atom is -0.461 e. The second-order valence-electron chi connectivity index (χ2n) is 5.26. The summed E-state index contributed by atoms with van der Waals surface area (Å²) in [5, 5.41) is 5.93. The highest BCUT2D eigenvalue weighted by Gasteiger charge is 2.22. The van der Waals surface area contributed by atoms with E-state index in [-0.39, 0.29) is 11.2 Å². The van der Waals surface area contributed by atoms with Gasteiger partial charge in [0.2, 0.25) is 0 Å². The van der Waals surface area contributed by atoms with Crippen LogP contribution in [0.1, 0.15) is 30.6 Å². The molecule has 1 aromatic rings. The lowest BCUT2D eigenvalue weighted by molar-refractivity contribution is -0.149. The molecule has 1 rings (SSSR count). The summed E-state index contributed by atoms with van der Waals surface area (Å²) >= 11 is 12.6. The molecule has 0 spiro atoms. The molecule has 2 N–H and O–H groups in total. The SMILES string of the molecule is CSCCC(NC(=S)NC(=O)c1cccc(Cl)c1)C(=O)OC(C)C. The van der Waals surface area contributed by atoms with Gasteiger partial charge in [0.1, 0.15) is 6.04 Å². The summed E-state index contributed by atoms with van der Waals surface area (Å²) in [5.74, 6) is -0.0235. The number of nitrogens with one attached hydrogen (secondary N) is 2. The molecule has 0 radical (unpaired) electrons. The quantitative estimate of drug-likeness (QED) is 0.552. The lowest BCUT2D eigenvalue weighted by Crippen LogP contribution is -2.48. The fraction of sp³-hybridized carbons (Fsp3) is 0.438. The highest BCUT2D eigenvalue weighted by Crippen LogP contribution is 2.10. The average molecular weight is 389 g/mol. The molecule has 0 aliphatic heterocycles. The topological polar surface area (TPSA) is 67.4 Å². The maximum Gasteiger partial charge on any atom is 0.328 e. The number of thioether (sulfide) groups is 1. The number of esters is 1. The van der Waals surface area contributed by atoms with Gasteiger partial charge in [0.25, 0.3) is 5.91 Å². The van der Waals surface area contributed by atoms with Crippen LogP contribution in [-0.2, 0) is 9.53 Å². The van der Waals surface area contributed by atoms with E-state index in [1.807, 2.05) is 6.26 Å². The molecule has 0 fully saturated rings. The third-order valence-corrected chi connectivity index (χ3v) is 3.97. The molecule has 1 atom stereocenters. The Labute approximate surface area is 156 Å². The molecule has 5 nitrogen and oxygen atoms in total. The van der Waals surface area contributed by atoms with Crippen molar-refractivity contribution in [2.75, 3.05) is 12.0 Å². The fourth-order valence-corrected chi connectivity index (χ4v) is 2.70. The number of rotatable bonds is 7. The average Bonchev–Trinajstić information content (AvgIpc) is 2.50. The number of hydrogen-bond donors (Lipinski definition) is 2. The van der Waals surface area contributed by atoms with E-state index < -0.39 is 17.9 Å². The Morgan fingerprint density at radius 3 is 2.67 bits per heavy atom. The molecule has 24 heavy (non-hydrogen) atoms. The van der Waals surface area contributed by atoms with Gasteiger partial charge in [-0.1, -0.05) is 17.7 Å². The van der Waals surface area contributed by atoms with Crippen LogP contribution in [0.5, 0.6) is 0 Å². The zero-order valence-corrected chi connectivity index (χ0v) is 16.2. The molecule has 0 saturated carbocycles. The van der Waals surface area contributed by atoms with Crippen molar-refractivity contribution in [3.63, 3.8) is 0 Å². The van der Waals surface area contributed by atoms with E-state index >= 15 is 0 Å². The molecule has 1 unspecified atom stereocenters. The molecule has 0 aromatic heterocycles. The molecule has 0 aliphatic carbocycles. The van der Waals surface area contributed by atoms with Gasteiger partial charge < -0.3 is 10.1 Å². The molecule has 0 saturated heterocycles. The number of carbonyl (C=O) groups excluding carboxylic acids is 2. The van der Waals surface area contributed by atoms with E-state index in [4.69, 9.17) is 28.6 Å². The Hall–Kier alpha value is -1.31. The highest BCUT2D eigenvalue weighted by molar-refractivity contribution is 7.98. The first-order valence-corrected chi connectivity index (χ1v) is 9.58. The minimum absolute atomic E-state index is 0.0757. The van der Waals surface area contributed by atoms with E-state index in [1.54, 1.807) is 43.8 Å². The Balaban J connectivity index is 2.66. The molecule has 0 bridgehead atoms. The lowest BCUT2D eigenvalue weighted by atomic mass is 10.2. The summed E-state index contributed by atoms with van der Waals surface area (Å²) in [4.78, 5) is 24.2. The molecular weight excluding hydrogens is 368 g/mol. The van der Waals surface area contributed by atoms with Gasteiger partial charge in [-0.3, -0.25) is 10.1 Å². The number of carbonyl (C=O) groups is 2. The molecule has 0 heterocycles. The van der Waals surface area contributed by atoms with E-state index in [0.29, 0.717) is 17.0 Å². The van der Waals surface area contributed by atoms with E-state index in [9.17, 15) is 9.59 Å². The largest absolute Gasteiger partial charge is 0.461 e. The standard InChI is InChI=1S/C16H21ClN2O3S2/c1-10(2)22-15(21)13(7-8-24-3)18-16(23)19-14(20)11-5-4-6-12(17)9-11/h4-6,9-10,13H,7-8H2,1-3H3,(H2,18,19,20,23). The van der Waals surface area contributed by atoms with Gasteiger partial charge in [0.15, 0.2) is 5.11 Å². The van der Waals surface area contributed by atoms with Crippen LogP contribution in [0, 0.1) is 0 Å².